The Hall–Kier alpha value is -3.35. The van der Waals surface area contributed by atoms with Gasteiger partial charge in [-0.15, -0.1) is 0 Å². The molecule has 1 amide bonds. The maximum absolute atomic E-state index is 13.5. The first-order valence-electron chi connectivity index (χ1n) is 13.0. The highest BCUT2D eigenvalue weighted by atomic mass is 79.9. The van der Waals surface area contributed by atoms with Gasteiger partial charge in [0.05, 0.1) is 9.89 Å². The molecule has 2 N–H and O–H groups in total. The van der Waals surface area contributed by atoms with Crippen molar-refractivity contribution in [3.8, 4) is 5.75 Å². The van der Waals surface area contributed by atoms with Crippen molar-refractivity contribution in [1.82, 2.24) is 5.32 Å². The number of carboxylic acid groups (broad SMARTS) is 1. The number of fused-ring (bicyclic) bond motifs is 1. The molecule has 1 fully saturated rings. The molecule has 5 rings (SSSR count). The molecule has 200 valence electrons. The second-order valence-electron chi connectivity index (χ2n) is 10.0. The van der Waals surface area contributed by atoms with Crippen molar-refractivity contribution >= 4 is 50.2 Å². The van der Waals surface area contributed by atoms with E-state index in [0.717, 1.165) is 53.1 Å². The number of carbonyl (C=O) groups is 2. The third-order valence-electron chi connectivity index (χ3n) is 7.53. The smallest absolute Gasteiger partial charge is 0.345 e. The third-order valence-corrected chi connectivity index (χ3v) is 8.60. The lowest BCUT2D eigenvalue weighted by Crippen LogP contribution is -2.42. The Balaban J connectivity index is 1.30. The van der Waals surface area contributed by atoms with E-state index in [1.54, 1.807) is 6.07 Å². The Kier molecular flexibility index (Phi) is 8.24. The molecule has 0 aliphatic heterocycles. The summed E-state index contributed by atoms with van der Waals surface area (Å²) in [7, 11) is 0. The number of ether oxygens (including phenoxy) is 1. The molecular weight excluding hydrogens is 578 g/mol. The van der Waals surface area contributed by atoms with E-state index >= 15 is 0 Å². The molecule has 0 heterocycles. The average molecular weight is 607 g/mol. The van der Waals surface area contributed by atoms with Crippen LogP contribution in [0.1, 0.15) is 42.4 Å². The number of hydrogen-bond donors (Lipinski definition) is 2. The first-order valence-corrected chi connectivity index (χ1v) is 14.2. The standard InChI is InChI=1S/C32H29BrClNO4/c33-29-26-14-8-22(20-35-31(38)32(16-4-5-17-32)24-10-12-25(34)13-11-24)18-23(26)9-15-27(29)39-28(30(36)37)19-21-6-2-1-3-7-21/h1-3,6-15,18,28H,4-5,16-17,19-20H2,(H,35,38)(H,36,37). The number of hydrogen-bond acceptors (Lipinski definition) is 3. The zero-order valence-corrected chi connectivity index (χ0v) is 23.7. The van der Waals surface area contributed by atoms with Crippen LogP contribution in [0.5, 0.6) is 5.75 Å². The van der Waals surface area contributed by atoms with Crippen LogP contribution in [0, 0.1) is 0 Å². The Bertz CT molecular complexity index is 1480. The topological polar surface area (TPSA) is 75.6 Å². The minimum absolute atomic E-state index is 0.0467. The molecule has 0 bridgehead atoms. The van der Waals surface area contributed by atoms with E-state index in [1.807, 2.05) is 78.9 Å². The minimum atomic E-state index is -1.02. The van der Waals surface area contributed by atoms with Gasteiger partial charge in [0.1, 0.15) is 5.75 Å². The van der Waals surface area contributed by atoms with Crippen LogP contribution in [-0.2, 0) is 28.0 Å². The largest absolute Gasteiger partial charge is 0.478 e. The number of halogens is 2. The lowest BCUT2D eigenvalue weighted by Gasteiger charge is -2.28. The number of benzene rings is 4. The van der Waals surface area contributed by atoms with Gasteiger partial charge in [-0.3, -0.25) is 4.79 Å². The molecule has 1 saturated carbocycles. The molecule has 4 aromatic rings. The molecule has 0 spiro atoms. The summed E-state index contributed by atoms with van der Waals surface area (Å²) in [6, 6.07) is 26.7. The van der Waals surface area contributed by atoms with Crippen LogP contribution in [0.2, 0.25) is 5.02 Å². The average Bonchev–Trinajstić information content (AvgIpc) is 3.45. The summed E-state index contributed by atoms with van der Waals surface area (Å²) in [6.07, 6.45) is 2.96. The van der Waals surface area contributed by atoms with Crippen molar-refractivity contribution in [2.24, 2.45) is 0 Å². The van der Waals surface area contributed by atoms with Gasteiger partial charge < -0.3 is 15.2 Å². The van der Waals surface area contributed by atoms with E-state index in [1.165, 1.54) is 0 Å². The van der Waals surface area contributed by atoms with E-state index < -0.39 is 17.5 Å². The molecule has 0 saturated heterocycles. The van der Waals surface area contributed by atoms with Crippen LogP contribution in [0.15, 0.2) is 89.4 Å². The Labute approximate surface area is 241 Å². The Morgan fingerprint density at radius 2 is 1.67 bits per heavy atom. The van der Waals surface area contributed by atoms with Crippen LogP contribution in [-0.4, -0.2) is 23.1 Å². The fourth-order valence-electron chi connectivity index (χ4n) is 5.43. The van der Waals surface area contributed by atoms with Crippen molar-refractivity contribution in [3.63, 3.8) is 0 Å². The van der Waals surface area contributed by atoms with Crippen molar-refractivity contribution in [2.75, 3.05) is 0 Å². The minimum Gasteiger partial charge on any atom is -0.478 e. The van der Waals surface area contributed by atoms with Gasteiger partial charge in [0, 0.05) is 18.0 Å². The number of carbonyl (C=O) groups excluding carboxylic acids is 1. The Morgan fingerprint density at radius 1 is 0.949 bits per heavy atom. The molecule has 1 aliphatic carbocycles. The van der Waals surface area contributed by atoms with Crippen LogP contribution in [0.4, 0.5) is 0 Å². The first kappa shape index (κ1) is 27.2. The second-order valence-corrected chi connectivity index (χ2v) is 11.3. The summed E-state index contributed by atoms with van der Waals surface area (Å²) >= 11 is 9.70. The van der Waals surface area contributed by atoms with Gasteiger partial charge in [0.15, 0.2) is 6.10 Å². The molecule has 1 aliphatic rings. The van der Waals surface area contributed by atoms with Gasteiger partial charge in [-0.1, -0.05) is 85.1 Å². The Morgan fingerprint density at radius 3 is 2.36 bits per heavy atom. The maximum atomic E-state index is 13.5. The monoisotopic (exact) mass is 605 g/mol. The van der Waals surface area contributed by atoms with Gasteiger partial charge in [0.2, 0.25) is 5.91 Å². The van der Waals surface area contributed by atoms with Crippen LogP contribution in [0.3, 0.4) is 0 Å². The summed E-state index contributed by atoms with van der Waals surface area (Å²) < 4.78 is 6.63. The summed E-state index contributed by atoms with van der Waals surface area (Å²) in [5.74, 6) is -0.501. The zero-order valence-electron chi connectivity index (χ0n) is 21.3. The molecule has 7 heteroatoms. The van der Waals surface area contributed by atoms with E-state index in [-0.39, 0.29) is 12.3 Å². The van der Waals surface area contributed by atoms with Crippen molar-refractivity contribution in [1.29, 1.82) is 0 Å². The fraction of sp³-hybridized carbons (Fsp3) is 0.250. The second kappa shape index (κ2) is 11.8. The normalized spacial score (nSPS) is 15.1. The lowest BCUT2D eigenvalue weighted by atomic mass is 9.78. The zero-order chi connectivity index (χ0) is 27.4. The van der Waals surface area contributed by atoms with Gasteiger partial charge in [-0.05, 0) is 80.5 Å². The summed E-state index contributed by atoms with van der Waals surface area (Å²) in [5.41, 5.74) is 2.37. The SMILES string of the molecule is O=C(O)C(Cc1ccccc1)Oc1ccc2cc(CNC(=O)C3(c4ccc(Cl)cc4)CCCC3)ccc2c1Br. The van der Waals surface area contributed by atoms with Crippen molar-refractivity contribution < 1.29 is 19.4 Å². The molecule has 4 aromatic carbocycles. The van der Waals surface area contributed by atoms with Crippen LogP contribution in [0.25, 0.3) is 10.8 Å². The van der Waals surface area contributed by atoms with Gasteiger partial charge in [-0.2, -0.15) is 0 Å². The summed E-state index contributed by atoms with van der Waals surface area (Å²) in [4.78, 5) is 25.4. The third kappa shape index (κ3) is 5.97. The first-order chi connectivity index (χ1) is 18.9. The number of carboxylic acids is 1. The van der Waals surface area contributed by atoms with Gasteiger partial charge in [0.25, 0.3) is 0 Å². The van der Waals surface area contributed by atoms with E-state index in [9.17, 15) is 14.7 Å². The lowest BCUT2D eigenvalue weighted by molar-refractivity contribution is -0.145. The fourth-order valence-corrected chi connectivity index (χ4v) is 6.14. The van der Waals surface area contributed by atoms with E-state index in [2.05, 4.69) is 21.2 Å². The number of aliphatic carboxylic acids is 1. The van der Waals surface area contributed by atoms with Gasteiger partial charge >= 0.3 is 5.97 Å². The maximum Gasteiger partial charge on any atom is 0.345 e. The predicted octanol–water partition coefficient (Wildman–Crippen LogP) is 7.46. The molecule has 0 radical (unpaired) electrons. The molecule has 5 nitrogen and oxygen atoms in total. The van der Waals surface area contributed by atoms with E-state index in [0.29, 0.717) is 21.8 Å². The highest BCUT2D eigenvalue weighted by Crippen LogP contribution is 2.42. The quantitative estimate of drug-likeness (QED) is 0.207. The molecule has 1 atom stereocenters. The van der Waals surface area contributed by atoms with Crippen molar-refractivity contribution in [3.05, 3.63) is 111 Å². The number of nitrogens with one attached hydrogen (secondary N) is 1. The van der Waals surface area contributed by atoms with Crippen LogP contribution < -0.4 is 10.1 Å². The van der Waals surface area contributed by atoms with Crippen molar-refractivity contribution in [2.45, 2.75) is 50.2 Å². The molecular formula is C32H29BrClNO4. The highest BCUT2D eigenvalue weighted by Gasteiger charge is 2.42. The summed E-state index contributed by atoms with van der Waals surface area (Å²) in [6.45, 7) is 0.415. The number of amides is 1. The number of rotatable bonds is 9. The van der Waals surface area contributed by atoms with Gasteiger partial charge in [-0.25, -0.2) is 4.79 Å². The van der Waals surface area contributed by atoms with Crippen LogP contribution >= 0.6 is 27.5 Å². The molecule has 0 aromatic heterocycles. The predicted molar refractivity (Wildman–Crippen MR) is 157 cm³/mol. The molecule has 39 heavy (non-hydrogen) atoms. The highest BCUT2D eigenvalue weighted by molar-refractivity contribution is 9.10. The van der Waals surface area contributed by atoms with E-state index in [4.69, 9.17) is 16.3 Å². The molecule has 1 unspecified atom stereocenters. The summed E-state index contributed by atoms with van der Waals surface area (Å²) in [5, 5.41) is 15.4.